The molecule has 1 aliphatic carbocycles. The molecule has 0 fully saturated rings. The van der Waals surface area contributed by atoms with E-state index in [1.165, 1.54) is 41.0 Å². The maximum atomic E-state index is 4.33. The molecule has 1 aromatic carbocycles. The van der Waals surface area contributed by atoms with Gasteiger partial charge in [0.05, 0.1) is 4.88 Å². The molecule has 0 unspecified atom stereocenters. The van der Waals surface area contributed by atoms with Crippen LogP contribution in [0.5, 0.6) is 0 Å². The minimum Gasteiger partial charge on any atom is -0.281 e. The molecule has 0 bridgehead atoms. The lowest BCUT2D eigenvalue weighted by Gasteiger charge is -2.08. The van der Waals surface area contributed by atoms with Crippen LogP contribution in [0.3, 0.4) is 0 Å². The number of para-hydroxylation sites is 1. The van der Waals surface area contributed by atoms with E-state index in [-0.39, 0.29) is 0 Å². The summed E-state index contributed by atoms with van der Waals surface area (Å²) >= 11 is 1.88. The standard InChI is InChI=1S/C16H15N3S/c1-2-7-13(8-3-1)19-11-17-18-16(19)15-10-12-6-4-5-9-14(12)20-15/h1-3,7-8,10-11H,4-6,9H2. The molecular weight excluding hydrogens is 266 g/mol. The van der Waals surface area contributed by atoms with Crippen molar-refractivity contribution < 1.29 is 0 Å². The second-order valence-electron chi connectivity index (χ2n) is 5.13. The lowest BCUT2D eigenvalue weighted by atomic mass is 9.99. The number of rotatable bonds is 2. The van der Waals surface area contributed by atoms with Crippen molar-refractivity contribution in [1.82, 2.24) is 14.8 Å². The number of hydrogen-bond acceptors (Lipinski definition) is 3. The van der Waals surface area contributed by atoms with E-state index in [4.69, 9.17) is 0 Å². The number of aryl methyl sites for hydroxylation is 2. The molecule has 2 heterocycles. The molecule has 0 atom stereocenters. The molecule has 4 rings (SSSR count). The molecule has 0 saturated heterocycles. The lowest BCUT2D eigenvalue weighted by Crippen LogP contribution is -1.96. The van der Waals surface area contributed by atoms with Gasteiger partial charge in [-0.05, 0) is 49.4 Å². The average molecular weight is 281 g/mol. The van der Waals surface area contributed by atoms with Gasteiger partial charge in [0.2, 0.25) is 0 Å². The quantitative estimate of drug-likeness (QED) is 0.714. The Kier molecular flexibility index (Phi) is 2.89. The average Bonchev–Trinajstić information content (AvgIpc) is 3.14. The highest BCUT2D eigenvalue weighted by molar-refractivity contribution is 7.15. The first-order valence-corrected chi connectivity index (χ1v) is 7.81. The van der Waals surface area contributed by atoms with E-state index in [1.807, 2.05) is 29.5 Å². The number of nitrogens with zero attached hydrogens (tertiary/aromatic N) is 3. The predicted molar refractivity (Wildman–Crippen MR) is 81.3 cm³/mol. The van der Waals surface area contributed by atoms with Crippen LogP contribution in [0.2, 0.25) is 0 Å². The van der Waals surface area contributed by atoms with Gasteiger partial charge in [0.1, 0.15) is 6.33 Å². The number of aromatic nitrogens is 3. The molecule has 0 spiro atoms. The van der Waals surface area contributed by atoms with Crippen molar-refractivity contribution >= 4 is 11.3 Å². The molecule has 0 amide bonds. The highest BCUT2D eigenvalue weighted by Crippen LogP contribution is 2.35. The minimum atomic E-state index is 0.954. The van der Waals surface area contributed by atoms with Gasteiger partial charge in [-0.1, -0.05) is 18.2 Å². The predicted octanol–water partition coefficient (Wildman–Crippen LogP) is 3.87. The number of fused-ring (bicyclic) bond motifs is 1. The zero-order valence-electron chi connectivity index (χ0n) is 11.1. The second kappa shape index (κ2) is 4.87. The largest absolute Gasteiger partial charge is 0.281 e. The second-order valence-corrected chi connectivity index (χ2v) is 6.26. The summed E-state index contributed by atoms with van der Waals surface area (Å²) in [5.74, 6) is 0.954. The van der Waals surface area contributed by atoms with Crippen molar-refractivity contribution in [2.75, 3.05) is 0 Å². The Morgan fingerprint density at radius 1 is 1.05 bits per heavy atom. The third kappa shape index (κ3) is 1.96. The van der Waals surface area contributed by atoms with E-state index in [1.54, 1.807) is 6.33 Å². The Bertz CT molecular complexity index is 704. The van der Waals surface area contributed by atoms with Crippen molar-refractivity contribution in [1.29, 1.82) is 0 Å². The van der Waals surface area contributed by atoms with Crippen molar-refractivity contribution in [2.24, 2.45) is 0 Å². The van der Waals surface area contributed by atoms with Crippen molar-refractivity contribution in [3.05, 3.63) is 53.2 Å². The summed E-state index contributed by atoms with van der Waals surface area (Å²) in [7, 11) is 0. The van der Waals surface area contributed by atoms with Crippen LogP contribution < -0.4 is 0 Å². The van der Waals surface area contributed by atoms with Crippen LogP contribution in [0.25, 0.3) is 16.4 Å². The topological polar surface area (TPSA) is 30.7 Å². The first-order chi connectivity index (χ1) is 9.92. The summed E-state index contributed by atoms with van der Waals surface area (Å²) in [5.41, 5.74) is 2.62. The summed E-state index contributed by atoms with van der Waals surface area (Å²) in [6, 6.07) is 12.6. The molecule has 2 aromatic heterocycles. The summed E-state index contributed by atoms with van der Waals surface area (Å²) < 4.78 is 2.07. The van der Waals surface area contributed by atoms with Gasteiger partial charge in [0.15, 0.2) is 5.82 Å². The van der Waals surface area contributed by atoms with E-state index in [0.717, 1.165) is 11.5 Å². The maximum Gasteiger partial charge on any atom is 0.178 e. The summed E-state index contributed by atoms with van der Waals surface area (Å²) in [4.78, 5) is 2.77. The van der Waals surface area contributed by atoms with Crippen molar-refractivity contribution in [3.8, 4) is 16.4 Å². The highest BCUT2D eigenvalue weighted by Gasteiger charge is 2.17. The third-order valence-corrected chi connectivity index (χ3v) is 5.03. The molecule has 20 heavy (non-hydrogen) atoms. The van der Waals surface area contributed by atoms with Crippen LogP contribution in [0.4, 0.5) is 0 Å². The number of hydrogen-bond donors (Lipinski definition) is 0. The normalized spacial score (nSPS) is 14.2. The van der Waals surface area contributed by atoms with Crippen LogP contribution in [0.1, 0.15) is 23.3 Å². The Morgan fingerprint density at radius 2 is 1.90 bits per heavy atom. The Morgan fingerprint density at radius 3 is 2.75 bits per heavy atom. The fraction of sp³-hybridized carbons (Fsp3) is 0.250. The van der Waals surface area contributed by atoms with Gasteiger partial charge in [0, 0.05) is 10.6 Å². The SMILES string of the molecule is c1ccc(-n2cnnc2-c2cc3c(s2)CCCC3)cc1. The van der Waals surface area contributed by atoms with Crippen LogP contribution in [0, 0.1) is 0 Å². The van der Waals surface area contributed by atoms with Gasteiger partial charge in [-0.3, -0.25) is 4.57 Å². The number of benzene rings is 1. The van der Waals surface area contributed by atoms with Crippen molar-refractivity contribution in [3.63, 3.8) is 0 Å². The Hall–Kier alpha value is -1.94. The van der Waals surface area contributed by atoms with E-state index >= 15 is 0 Å². The van der Waals surface area contributed by atoms with Gasteiger partial charge >= 0.3 is 0 Å². The summed E-state index contributed by atoms with van der Waals surface area (Å²) in [6.45, 7) is 0. The molecular formula is C16H15N3S. The smallest absolute Gasteiger partial charge is 0.178 e. The van der Waals surface area contributed by atoms with Crippen LogP contribution in [-0.4, -0.2) is 14.8 Å². The van der Waals surface area contributed by atoms with E-state index in [9.17, 15) is 0 Å². The first kappa shape index (κ1) is 11.9. The fourth-order valence-electron chi connectivity index (χ4n) is 2.78. The van der Waals surface area contributed by atoms with Crippen LogP contribution in [0.15, 0.2) is 42.7 Å². The fourth-order valence-corrected chi connectivity index (χ4v) is 4.02. The highest BCUT2D eigenvalue weighted by atomic mass is 32.1. The summed E-state index contributed by atoms with van der Waals surface area (Å²) in [6.07, 6.45) is 6.86. The zero-order chi connectivity index (χ0) is 13.4. The van der Waals surface area contributed by atoms with E-state index in [2.05, 4.69) is 33.0 Å². The summed E-state index contributed by atoms with van der Waals surface area (Å²) in [5, 5.41) is 8.43. The Labute approximate surface area is 121 Å². The van der Waals surface area contributed by atoms with E-state index in [0.29, 0.717) is 0 Å². The van der Waals surface area contributed by atoms with Gasteiger partial charge in [0.25, 0.3) is 0 Å². The zero-order valence-corrected chi connectivity index (χ0v) is 11.9. The molecule has 100 valence electrons. The van der Waals surface area contributed by atoms with Gasteiger partial charge in [-0.25, -0.2) is 0 Å². The molecule has 0 radical (unpaired) electrons. The first-order valence-electron chi connectivity index (χ1n) is 6.99. The molecule has 0 aliphatic heterocycles. The van der Waals surface area contributed by atoms with E-state index < -0.39 is 0 Å². The maximum absolute atomic E-state index is 4.33. The molecule has 0 saturated carbocycles. The van der Waals surface area contributed by atoms with Crippen LogP contribution >= 0.6 is 11.3 Å². The van der Waals surface area contributed by atoms with Crippen molar-refractivity contribution in [2.45, 2.75) is 25.7 Å². The monoisotopic (exact) mass is 281 g/mol. The van der Waals surface area contributed by atoms with Gasteiger partial charge in [-0.15, -0.1) is 21.5 Å². The number of thiophene rings is 1. The molecule has 4 heteroatoms. The minimum absolute atomic E-state index is 0.954. The lowest BCUT2D eigenvalue weighted by molar-refractivity contribution is 0.697. The molecule has 3 nitrogen and oxygen atoms in total. The van der Waals surface area contributed by atoms with Crippen LogP contribution in [-0.2, 0) is 12.8 Å². The molecule has 3 aromatic rings. The molecule has 1 aliphatic rings. The third-order valence-electron chi connectivity index (χ3n) is 3.80. The molecule has 0 N–H and O–H groups in total. The Balaban J connectivity index is 1.80. The van der Waals surface area contributed by atoms with Gasteiger partial charge < -0.3 is 0 Å². The van der Waals surface area contributed by atoms with Gasteiger partial charge in [-0.2, -0.15) is 0 Å².